The summed E-state index contributed by atoms with van der Waals surface area (Å²) in [5, 5.41) is 0. The van der Waals surface area contributed by atoms with Gasteiger partial charge in [0.15, 0.2) is 8.32 Å². The molecule has 0 aromatic rings. The molecule has 0 heterocycles. The van der Waals surface area contributed by atoms with E-state index in [1.807, 2.05) is 14.0 Å². The fourth-order valence-electron chi connectivity index (χ4n) is 2.34. The third kappa shape index (κ3) is 6.96. The minimum Gasteiger partial charge on any atom is -0.463 e. The van der Waals surface area contributed by atoms with Crippen LogP contribution in [0.3, 0.4) is 0 Å². The third-order valence-corrected chi connectivity index (χ3v) is 8.12. The summed E-state index contributed by atoms with van der Waals surface area (Å²) in [5.41, 5.74) is 0. The lowest BCUT2D eigenvalue weighted by Gasteiger charge is -2.29. The van der Waals surface area contributed by atoms with E-state index in [1.54, 1.807) is 6.08 Å². The SMILES string of the molecule is CC=CC(=O)OCCC[Si](CCC)(CCC)OC. The van der Waals surface area contributed by atoms with Crippen molar-refractivity contribution in [2.75, 3.05) is 13.7 Å². The van der Waals surface area contributed by atoms with Crippen LogP contribution in [0, 0.1) is 0 Å². The highest BCUT2D eigenvalue weighted by molar-refractivity contribution is 6.73. The number of carbonyl (C=O) groups excluding carboxylic acids is 1. The zero-order chi connectivity index (χ0) is 13.9. The molecule has 0 N–H and O–H groups in total. The molecule has 0 aliphatic heterocycles. The van der Waals surface area contributed by atoms with E-state index in [4.69, 9.17) is 9.16 Å². The van der Waals surface area contributed by atoms with Gasteiger partial charge in [-0.2, -0.15) is 0 Å². The Balaban J connectivity index is 4.06. The summed E-state index contributed by atoms with van der Waals surface area (Å²) in [6.45, 7) is 6.74. The van der Waals surface area contributed by atoms with Crippen molar-refractivity contribution >= 4 is 14.3 Å². The van der Waals surface area contributed by atoms with Crippen molar-refractivity contribution in [3.63, 3.8) is 0 Å². The highest BCUT2D eigenvalue weighted by Gasteiger charge is 2.31. The molecule has 0 spiro atoms. The van der Waals surface area contributed by atoms with Gasteiger partial charge in [0, 0.05) is 13.2 Å². The number of ether oxygens (including phenoxy) is 1. The first kappa shape index (κ1) is 17.4. The van der Waals surface area contributed by atoms with Gasteiger partial charge >= 0.3 is 5.97 Å². The van der Waals surface area contributed by atoms with Gasteiger partial charge in [0.1, 0.15) is 0 Å². The Morgan fingerprint density at radius 2 is 1.78 bits per heavy atom. The van der Waals surface area contributed by atoms with Crippen LogP contribution in [-0.2, 0) is 14.0 Å². The Morgan fingerprint density at radius 1 is 1.17 bits per heavy atom. The van der Waals surface area contributed by atoms with Gasteiger partial charge in [0.25, 0.3) is 0 Å². The number of allylic oxidation sites excluding steroid dienone is 1. The molecular weight excluding hydrogens is 244 g/mol. The summed E-state index contributed by atoms with van der Waals surface area (Å²) in [4.78, 5) is 11.2. The van der Waals surface area contributed by atoms with Crippen LogP contribution in [0.15, 0.2) is 12.2 Å². The molecule has 0 radical (unpaired) electrons. The number of rotatable bonds is 10. The summed E-state index contributed by atoms with van der Waals surface area (Å²) in [6, 6.07) is 3.51. The predicted octanol–water partition coefficient (Wildman–Crippen LogP) is 3.91. The first-order valence-corrected chi connectivity index (χ1v) is 9.51. The molecule has 0 amide bonds. The van der Waals surface area contributed by atoms with Gasteiger partial charge in [-0.05, 0) is 31.5 Å². The van der Waals surface area contributed by atoms with Gasteiger partial charge in [0.2, 0.25) is 0 Å². The Bertz CT molecular complexity index is 245. The molecule has 0 rings (SSSR count). The Labute approximate surface area is 113 Å². The highest BCUT2D eigenvalue weighted by Crippen LogP contribution is 2.26. The summed E-state index contributed by atoms with van der Waals surface area (Å²) < 4.78 is 11.0. The Kier molecular flexibility index (Phi) is 9.97. The lowest BCUT2D eigenvalue weighted by Crippen LogP contribution is -2.36. The van der Waals surface area contributed by atoms with E-state index in [9.17, 15) is 4.79 Å². The quantitative estimate of drug-likeness (QED) is 0.262. The zero-order valence-corrected chi connectivity index (χ0v) is 13.3. The summed E-state index contributed by atoms with van der Waals surface area (Å²) >= 11 is 0. The number of hydrogen-bond donors (Lipinski definition) is 0. The lowest BCUT2D eigenvalue weighted by molar-refractivity contribution is -0.137. The van der Waals surface area contributed by atoms with Gasteiger partial charge in [-0.1, -0.05) is 32.8 Å². The lowest BCUT2D eigenvalue weighted by atomic mass is 10.5. The normalized spacial score (nSPS) is 12.0. The fraction of sp³-hybridized carbons (Fsp3) is 0.786. The minimum atomic E-state index is -1.57. The molecule has 0 unspecified atom stereocenters. The van der Waals surface area contributed by atoms with Crippen molar-refractivity contribution in [1.82, 2.24) is 0 Å². The van der Waals surface area contributed by atoms with Crippen LogP contribution in [0.4, 0.5) is 0 Å². The van der Waals surface area contributed by atoms with Crippen LogP contribution >= 0.6 is 0 Å². The van der Waals surface area contributed by atoms with Crippen molar-refractivity contribution in [1.29, 1.82) is 0 Å². The van der Waals surface area contributed by atoms with E-state index < -0.39 is 8.32 Å². The second-order valence-electron chi connectivity index (χ2n) is 4.66. The van der Waals surface area contributed by atoms with Crippen LogP contribution in [0.2, 0.25) is 18.1 Å². The second kappa shape index (κ2) is 10.3. The molecule has 4 heteroatoms. The van der Waals surface area contributed by atoms with E-state index in [-0.39, 0.29) is 5.97 Å². The molecule has 0 fully saturated rings. The molecule has 0 aliphatic rings. The van der Waals surface area contributed by atoms with Crippen molar-refractivity contribution in [3.8, 4) is 0 Å². The fourth-order valence-corrected chi connectivity index (χ4v) is 6.32. The largest absolute Gasteiger partial charge is 0.463 e. The Hall–Kier alpha value is -0.613. The Morgan fingerprint density at radius 3 is 2.22 bits per heavy atom. The standard InChI is InChI=1S/C14H28O3Si/c1-5-9-14(15)17-10-8-13-18(16-4,11-6-2)12-7-3/h5,9H,6-8,10-13H2,1-4H3. The molecule has 0 saturated heterocycles. The first-order chi connectivity index (χ1) is 8.64. The van der Waals surface area contributed by atoms with Crippen LogP contribution in [0.5, 0.6) is 0 Å². The second-order valence-corrected chi connectivity index (χ2v) is 8.93. The number of esters is 1. The molecule has 0 bridgehead atoms. The molecule has 0 saturated carbocycles. The summed E-state index contributed by atoms with van der Waals surface area (Å²) in [7, 11) is 0.281. The number of hydrogen-bond acceptors (Lipinski definition) is 3. The molecule has 106 valence electrons. The molecule has 0 atom stereocenters. The van der Waals surface area contributed by atoms with Crippen LogP contribution in [0.25, 0.3) is 0 Å². The van der Waals surface area contributed by atoms with Gasteiger partial charge < -0.3 is 9.16 Å². The molecule has 18 heavy (non-hydrogen) atoms. The summed E-state index contributed by atoms with van der Waals surface area (Å²) in [5.74, 6) is -0.242. The average Bonchev–Trinajstić information content (AvgIpc) is 2.35. The maximum absolute atomic E-state index is 11.2. The average molecular weight is 272 g/mol. The highest BCUT2D eigenvalue weighted by atomic mass is 28.4. The van der Waals surface area contributed by atoms with Crippen LogP contribution in [-0.4, -0.2) is 28.0 Å². The van der Waals surface area contributed by atoms with Gasteiger partial charge in [0.05, 0.1) is 6.61 Å². The van der Waals surface area contributed by atoms with Gasteiger partial charge in [-0.3, -0.25) is 0 Å². The van der Waals surface area contributed by atoms with Crippen LogP contribution < -0.4 is 0 Å². The van der Waals surface area contributed by atoms with E-state index in [1.165, 1.54) is 31.0 Å². The topological polar surface area (TPSA) is 35.5 Å². The van der Waals surface area contributed by atoms with E-state index in [0.717, 1.165) is 12.5 Å². The van der Waals surface area contributed by atoms with Crippen molar-refractivity contribution in [3.05, 3.63) is 12.2 Å². The van der Waals surface area contributed by atoms with Crippen molar-refractivity contribution in [2.24, 2.45) is 0 Å². The minimum absolute atomic E-state index is 0.242. The molecular formula is C14H28O3Si. The van der Waals surface area contributed by atoms with E-state index in [2.05, 4.69) is 13.8 Å². The molecule has 3 nitrogen and oxygen atoms in total. The van der Waals surface area contributed by atoms with E-state index in [0.29, 0.717) is 6.61 Å². The van der Waals surface area contributed by atoms with E-state index >= 15 is 0 Å². The smallest absolute Gasteiger partial charge is 0.330 e. The number of carbonyl (C=O) groups is 1. The molecule has 0 aromatic heterocycles. The molecule has 0 aliphatic carbocycles. The zero-order valence-electron chi connectivity index (χ0n) is 12.3. The maximum atomic E-state index is 11.2. The van der Waals surface area contributed by atoms with Crippen molar-refractivity contribution in [2.45, 2.75) is 58.2 Å². The van der Waals surface area contributed by atoms with Crippen LogP contribution in [0.1, 0.15) is 40.0 Å². The monoisotopic (exact) mass is 272 g/mol. The van der Waals surface area contributed by atoms with Gasteiger partial charge in [-0.25, -0.2) is 4.79 Å². The predicted molar refractivity (Wildman–Crippen MR) is 78.2 cm³/mol. The first-order valence-electron chi connectivity index (χ1n) is 6.98. The van der Waals surface area contributed by atoms with Gasteiger partial charge in [-0.15, -0.1) is 0 Å². The molecule has 0 aromatic carbocycles. The maximum Gasteiger partial charge on any atom is 0.330 e. The summed E-state index contributed by atoms with van der Waals surface area (Å²) in [6.07, 6.45) is 6.43. The third-order valence-electron chi connectivity index (χ3n) is 3.17. The van der Waals surface area contributed by atoms with Crippen molar-refractivity contribution < 1.29 is 14.0 Å².